The number of aromatic nitrogens is 1. The number of pyridine rings is 1. The molecule has 0 aliphatic rings. The van der Waals surface area contributed by atoms with Crippen LogP contribution in [0.5, 0.6) is 0 Å². The average molecular weight is 388 g/mol. The Morgan fingerprint density at radius 2 is 1.96 bits per heavy atom. The molecular weight excluding hydrogens is 365 g/mol. The van der Waals surface area contributed by atoms with E-state index in [4.69, 9.17) is 5.11 Å². The van der Waals surface area contributed by atoms with Gasteiger partial charge < -0.3 is 15.0 Å². The van der Waals surface area contributed by atoms with Gasteiger partial charge in [-0.2, -0.15) is 13.2 Å². The molecule has 0 aliphatic carbocycles. The molecule has 0 aliphatic heterocycles. The summed E-state index contributed by atoms with van der Waals surface area (Å²) >= 11 is 0. The Bertz CT molecular complexity index is 797. The fourth-order valence-electron chi connectivity index (χ4n) is 2.67. The molecule has 9 heteroatoms. The van der Waals surface area contributed by atoms with E-state index in [1.165, 1.54) is 10.6 Å². The smallest absolute Gasteiger partial charge is 0.409 e. The van der Waals surface area contributed by atoms with E-state index in [2.05, 4.69) is 6.58 Å². The molecule has 1 aromatic heterocycles. The van der Waals surface area contributed by atoms with Crippen molar-refractivity contribution in [3.63, 3.8) is 0 Å². The van der Waals surface area contributed by atoms with E-state index in [1.54, 1.807) is 19.2 Å². The van der Waals surface area contributed by atoms with Crippen molar-refractivity contribution in [2.75, 3.05) is 0 Å². The van der Waals surface area contributed by atoms with Crippen molar-refractivity contribution < 1.29 is 27.9 Å². The Balaban J connectivity index is 3.32. The number of carboxylic acid groups (broad SMARTS) is 1. The Kier molecular flexibility index (Phi) is 7.38. The lowest BCUT2D eigenvalue weighted by atomic mass is 10.1. The molecule has 1 atom stereocenters. The molecular formula is C18H23F3N2O4. The van der Waals surface area contributed by atoms with Crippen molar-refractivity contribution in [3.05, 3.63) is 45.4 Å². The number of allylic oxidation sites excluding steroid dienone is 1. The van der Waals surface area contributed by atoms with E-state index in [-0.39, 0.29) is 6.54 Å². The first-order valence-electron chi connectivity index (χ1n) is 8.35. The van der Waals surface area contributed by atoms with E-state index in [1.807, 2.05) is 6.92 Å². The number of aliphatic carboxylic acids is 1. The molecule has 6 nitrogen and oxygen atoms in total. The van der Waals surface area contributed by atoms with Crippen LogP contribution in [-0.4, -0.2) is 33.8 Å². The molecule has 0 radical (unpaired) electrons. The second-order valence-corrected chi connectivity index (χ2v) is 6.37. The maximum atomic E-state index is 13.0. The Labute approximate surface area is 154 Å². The number of alkyl halides is 3. The molecule has 0 bridgehead atoms. The maximum absolute atomic E-state index is 13.0. The van der Waals surface area contributed by atoms with E-state index in [0.717, 1.165) is 5.57 Å². The van der Waals surface area contributed by atoms with Gasteiger partial charge in [-0.15, -0.1) is 6.58 Å². The number of rotatable bonds is 8. The molecule has 1 heterocycles. The third kappa shape index (κ3) is 5.97. The van der Waals surface area contributed by atoms with Gasteiger partial charge in [0.25, 0.3) is 11.5 Å². The van der Waals surface area contributed by atoms with Crippen molar-refractivity contribution in [3.8, 4) is 0 Å². The van der Waals surface area contributed by atoms with E-state index in [0.29, 0.717) is 24.1 Å². The third-order valence-corrected chi connectivity index (χ3v) is 4.04. The van der Waals surface area contributed by atoms with Gasteiger partial charge in [0, 0.05) is 12.2 Å². The number of carbonyl (C=O) groups excluding carboxylic acids is 1. The topological polar surface area (TPSA) is 88.4 Å². The summed E-state index contributed by atoms with van der Waals surface area (Å²) in [5.41, 5.74) is 0.912. The van der Waals surface area contributed by atoms with Crippen LogP contribution in [0.1, 0.15) is 48.3 Å². The van der Waals surface area contributed by atoms with Crippen molar-refractivity contribution in [2.45, 2.75) is 58.8 Å². The quantitative estimate of drug-likeness (QED) is 0.671. The monoisotopic (exact) mass is 388 g/mol. The molecule has 27 heavy (non-hydrogen) atoms. The number of aryl methyl sites for hydroxylation is 1. The zero-order valence-corrected chi connectivity index (χ0v) is 15.4. The summed E-state index contributed by atoms with van der Waals surface area (Å²) in [6.45, 7) is 9.26. The summed E-state index contributed by atoms with van der Waals surface area (Å²) in [6.07, 6.45) is -5.30. The fourth-order valence-corrected chi connectivity index (χ4v) is 2.67. The number of hydrogen-bond acceptors (Lipinski definition) is 3. The normalized spacial score (nSPS) is 12.5. The van der Waals surface area contributed by atoms with Gasteiger partial charge in [0.15, 0.2) is 0 Å². The molecule has 2 N–H and O–H groups in total. The molecule has 1 amide bonds. The zero-order valence-electron chi connectivity index (χ0n) is 15.4. The highest BCUT2D eigenvalue weighted by Gasteiger charge is 2.42. The first-order chi connectivity index (χ1) is 12.4. The van der Waals surface area contributed by atoms with Crippen LogP contribution in [0.2, 0.25) is 0 Å². The minimum absolute atomic E-state index is 0.247. The molecule has 1 aromatic rings. The van der Waals surface area contributed by atoms with E-state index >= 15 is 0 Å². The Hall–Kier alpha value is -2.58. The Morgan fingerprint density at radius 3 is 2.41 bits per heavy atom. The SMILES string of the molecule is C=C(C)CCn1c(CC)c(C)cc(C(=O)NC(CC(=O)O)C(F)(F)F)c1=O. The number of nitrogens with one attached hydrogen (secondary N) is 1. The van der Waals surface area contributed by atoms with Gasteiger partial charge in [0.05, 0.1) is 6.42 Å². The molecule has 0 spiro atoms. The predicted octanol–water partition coefficient (Wildman–Crippen LogP) is 2.82. The molecule has 0 saturated carbocycles. The second kappa shape index (κ2) is 8.88. The molecule has 0 saturated heterocycles. The van der Waals surface area contributed by atoms with Crippen LogP contribution in [0.25, 0.3) is 0 Å². The largest absolute Gasteiger partial charge is 0.481 e. The Morgan fingerprint density at radius 1 is 1.37 bits per heavy atom. The van der Waals surface area contributed by atoms with Crippen molar-refractivity contribution in [1.29, 1.82) is 0 Å². The maximum Gasteiger partial charge on any atom is 0.409 e. The number of carbonyl (C=O) groups is 2. The van der Waals surface area contributed by atoms with Gasteiger partial charge in [-0.25, -0.2) is 0 Å². The van der Waals surface area contributed by atoms with Crippen LogP contribution in [0.15, 0.2) is 23.0 Å². The van der Waals surface area contributed by atoms with Gasteiger partial charge in [0.2, 0.25) is 0 Å². The summed E-state index contributed by atoms with van der Waals surface area (Å²) < 4.78 is 40.3. The predicted molar refractivity (Wildman–Crippen MR) is 93.8 cm³/mol. The summed E-state index contributed by atoms with van der Waals surface area (Å²) in [5, 5.41) is 10.3. The second-order valence-electron chi connectivity index (χ2n) is 6.37. The van der Waals surface area contributed by atoms with E-state index < -0.39 is 41.6 Å². The van der Waals surface area contributed by atoms with Crippen LogP contribution in [0.3, 0.4) is 0 Å². The summed E-state index contributed by atoms with van der Waals surface area (Å²) in [7, 11) is 0. The first-order valence-corrected chi connectivity index (χ1v) is 8.35. The van der Waals surface area contributed by atoms with Crippen LogP contribution in [0, 0.1) is 6.92 Å². The number of halogens is 3. The summed E-state index contributed by atoms with van der Waals surface area (Å²) in [4.78, 5) is 35.7. The van der Waals surface area contributed by atoms with Crippen LogP contribution in [0.4, 0.5) is 13.2 Å². The van der Waals surface area contributed by atoms with Gasteiger partial charge in [-0.05, 0) is 38.3 Å². The summed E-state index contributed by atoms with van der Waals surface area (Å²) in [6, 6.07) is -1.35. The van der Waals surface area contributed by atoms with Gasteiger partial charge >= 0.3 is 12.1 Å². The first kappa shape index (κ1) is 22.5. The molecule has 0 aromatic carbocycles. The van der Waals surface area contributed by atoms with Crippen molar-refractivity contribution in [1.82, 2.24) is 9.88 Å². The number of amides is 1. The molecule has 150 valence electrons. The van der Waals surface area contributed by atoms with Gasteiger partial charge in [0.1, 0.15) is 11.6 Å². The summed E-state index contributed by atoms with van der Waals surface area (Å²) in [5.74, 6) is -2.97. The lowest BCUT2D eigenvalue weighted by molar-refractivity contribution is -0.165. The fraction of sp³-hybridized carbons (Fsp3) is 0.500. The van der Waals surface area contributed by atoms with Crippen molar-refractivity contribution in [2.24, 2.45) is 0 Å². The molecule has 0 fully saturated rings. The highest BCUT2D eigenvalue weighted by Crippen LogP contribution is 2.23. The molecule has 1 unspecified atom stereocenters. The highest BCUT2D eigenvalue weighted by molar-refractivity contribution is 5.94. The minimum atomic E-state index is -4.95. The lowest BCUT2D eigenvalue weighted by Crippen LogP contribution is -2.48. The van der Waals surface area contributed by atoms with Crippen molar-refractivity contribution >= 4 is 11.9 Å². The lowest BCUT2D eigenvalue weighted by Gasteiger charge is -2.21. The standard InChI is InChI=1S/C18H23F3N2O4/c1-5-13-11(4)8-12(17(27)23(13)7-6-10(2)3)16(26)22-14(9-15(24)25)18(19,20)21/h8,14H,2,5-7,9H2,1,3-4H3,(H,22,26)(H,24,25). The van der Waals surface area contributed by atoms with Gasteiger partial charge in [-0.3, -0.25) is 14.4 Å². The molecule has 1 rings (SSSR count). The highest BCUT2D eigenvalue weighted by atomic mass is 19.4. The number of hydrogen-bond donors (Lipinski definition) is 2. The minimum Gasteiger partial charge on any atom is -0.481 e. The van der Waals surface area contributed by atoms with Gasteiger partial charge in [-0.1, -0.05) is 12.5 Å². The van der Waals surface area contributed by atoms with Crippen LogP contribution in [-0.2, 0) is 17.8 Å². The third-order valence-electron chi connectivity index (χ3n) is 4.04. The van der Waals surface area contributed by atoms with Crippen LogP contribution < -0.4 is 10.9 Å². The van der Waals surface area contributed by atoms with E-state index in [9.17, 15) is 27.6 Å². The zero-order chi connectivity index (χ0) is 20.9. The number of nitrogens with zero attached hydrogens (tertiary/aromatic N) is 1. The average Bonchev–Trinajstić information content (AvgIpc) is 2.52. The number of carboxylic acids is 1. The van der Waals surface area contributed by atoms with Crippen LogP contribution >= 0.6 is 0 Å².